The van der Waals surface area contributed by atoms with Crippen LogP contribution >= 0.6 is 0 Å². The lowest BCUT2D eigenvalue weighted by Crippen LogP contribution is -2.27. The molecule has 6 rings (SSSR count). The molecular weight excluding hydrogens is 575 g/mol. The predicted molar refractivity (Wildman–Crippen MR) is 165 cm³/mol. The number of hydrogen-bond donors (Lipinski definition) is 1. The van der Waals surface area contributed by atoms with Crippen molar-refractivity contribution in [2.45, 2.75) is 51.7 Å². The van der Waals surface area contributed by atoms with Crippen molar-refractivity contribution in [3.8, 4) is 16.9 Å². The van der Waals surface area contributed by atoms with Crippen molar-refractivity contribution >= 4 is 11.7 Å². The maximum Gasteiger partial charge on any atom is 0.270 e. The SMILES string of the molecule is COCCN1C[C@@H](CC(=O)Cc2c(C)c(-c3cnc(C(=O)NC4CC4)c(C)c3)nn2-c2ccccc2)[C@H](c2ccnc(F)c2)O1. The molecule has 0 unspecified atom stereocenters. The normalized spacial score (nSPS) is 18.3. The largest absolute Gasteiger partial charge is 0.383 e. The van der Waals surface area contributed by atoms with Gasteiger partial charge in [-0.15, -0.1) is 0 Å². The molecule has 4 heterocycles. The van der Waals surface area contributed by atoms with E-state index >= 15 is 0 Å². The Hall–Kier alpha value is -4.32. The zero-order valence-corrected chi connectivity index (χ0v) is 25.7. The Morgan fingerprint density at radius 3 is 2.62 bits per heavy atom. The summed E-state index contributed by atoms with van der Waals surface area (Å²) in [5.41, 5.74) is 5.75. The molecule has 1 aliphatic heterocycles. The number of benzene rings is 1. The van der Waals surface area contributed by atoms with E-state index in [9.17, 15) is 14.0 Å². The number of aryl methyl sites for hydroxylation is 1. The van der Waals surface area contributed by atoms with Crippen molar-refractivity contribution in [1.82, 2.24) is 30.1 Å². The number of hydrogen-bond acceptors (Lipinski definition) is 8. The van der Waals surface area contributed by atoms with Crippen LogP contribution in [0.15, 0.2) is 60.9 Å². The molecule has 2 fully saturated rings. The van der Waals surface area contributed by atoms with Crippen LogP contribution in [0.25, 0.3) is 16.9 Å². The van der Waals surface area contributed by atoms with Gasteiger partial charge >= 0.3 is 0 Å². The van der Waals surface area contributed by atoms with Crippen molar-refractivity contribution in [2.75, 3.05) is 26.8 Å². The van der Waals surface area contributed by atoms with Crippen molar-refractivity contribution in [3.05, 3.63) is 95.0 Å². The summed E-state index contributed by atoms with van der Waals surface area (Å²) in [6.07, 6.45) is 4.99. The van der Waals surface area contributed by atoms with E-state index in [1.54, 1.807) is 24.4 Å². The number of para-hydroxylation sites is 1. The first-order valence-corrected chi connectivity index (χ1v) is 15.3. The molecule has 0 bridgehead atoms. The highest BCUT2D eigenvalue weighted by Crippen LogP contribution is 2.37. The third-order valence-corrected chi connectivity index (χ3v) is 8.33. The first kappa shape index (κ1) is 30.7. The van der Waals surface area contributed by atoms with Gasteiger partial charge in [-0.05, 0) is 73.7 Å². The van der Waals surface area contributed by atoms with E-state index in [1.807, 2.05) is 54.9 Å². The maximum atomic E-state index is 14.0. The van der Waals surface area contributed by atoms with Gasteiger partial charge in [-0.25, -0.2) is 9.67 Å². The summed E-state index contributed by atoms with van der Waals surface area (Å²) in [7, 11) is 1.62. The Labute approximate surface area is 261 Å². The molecule has 234 valence electrons. The Morgan fingerprint density at radius 1 is 1.11 bits per heavy atom. The van der Waals surface area contributed by atoms with Crippen LogP contribution < -0.4 is 5.32 Å². The predicted octanol–water partition coefficient (Wildman–Crippen LogP) is 4.73. The highest BCUT2D eigenvalue weighted by Gasteiger charge is 2.37. The number of rotatable bonds is 12. The minimum absolute atomic E-state index is 0.0184. The number of pyridine rings is 2. The second kappa shape index (κ2) is 13.4. The van der Waals surface area contributed by atoms with E-state index < -0.39 is 12.1 Å². The molecule has 3 aromatic heterocycles. The number of Topliss-reactive ketones (excluding diaryl/α,β-unsaturated/α-hetero) is 1. The van der Waals surface area contributed by atoms with Crippen LogP contribution in [0.5, 0.6) is 0 Å². The number of carbonyl (C=O) groups is 2. The Kier molecular flexibility index (Phi) is 9.11. The second-order valence-corrected chi connectivity index (χ2v) is 11.8. The quantitative estimate of drug-likeness (QED) is 0.229. The van der Waals surface area contributed by atoms with E-state index in [0.29, 0.717) is 36.6 Å². The number of aromatic nitrogens is 4. The minimum Gasteiger partial charge on any atom is -0.383 e. The van der Waals surface area contributed by atoms with Gasteiger partial charge in [0, 0.05) is 63.0 Å². The minimum atomic E-state index is -0.590. The van der Waals surface area contributed by atoms with Crippen molar-refractivity contribution < 1.29 is 23.6 Å². The number of ether oxygens (including phenoxy) is 1. The van der Waals surface area contributed by atoms with E-state index in [1.165, 1.54) is 12.3 Å². The Bertz CT molecular complexity index is 1690. The molecule has 1 N–H and O–H groups in total. The van der Waals surface area contributed by atoms with Gasteiger partial charge in [-0.3, -0.25) is 19.4 Å². The van der Waals surface area contributed by atoms with Gasteiger partial charge in [0.2, 0.25) is 5.95 Å². The number of amides is 1. The zero-order chi connectivity index (χ0) is 31.5. The highest BCUT2D eigenvalue weighted by molar-refractivity contribution is 5.94. The lowest BCUT2D eigenvalue weighted by molar-refractivity contribution is -0.155. The fraction of sp³-hybridized carbons (Fsp3) is 0.382. The molecule has 1 amide bonds. The third kappa shape index (κ3) is 7.00. The average Bonchev–Trinajstić information content (AvgIpc) is 3.67. The summed E-state index contributed by atoms with van der Waals surface area (Å²) in [5.74, 6) is -0.924. The van der Waals surface area contributed by atoms with Gasteiger partial charge in [0.25, 0.3) is 5.91 Å². The standard InChI is InChI=1S/C34H37FN6O4/c1-21-15-24(19-37-31(21)34(43)38-26-9-10-26)32-22(2)29(41(39-32)27-7-5-4-6-8-27)18-28(42)16-25-20-40(13-14-44-3)45-33(25)23-11-12-36-30(35)17-23/h4-8,11-12,15,17,19,25-26,33H,9-10,13-14,16,18,20H2,1-3H3,(H,38,43)/t25-,33+/m1/s1. The molecule has 45 heavy (non-hydrogen) atoms. The van der Waals surface area contributed by atoms with Gasteiger partial charge in [-0.1, -0.05) is 18.2 Å². The summed E-state index contributed by atoms with van der Waals surface area (Å²) in [5, 5.41) is 9.74. The van der Waals surface area contributed by atoms with Crippen LogP contribution in [0.1, 0.15) is 58.2 Å². The molecule has 1 saturated carbocycles. The van der Waals surface area contributed by atoms with E-state index in [2.05, 4.69) is 15.3 Å². The molecule has 4 aromatic rings. The molecule has 1 aliphatic carbocycles. The summed E-state index contributed by atoms with van der Waals surface area (Å²) >= 11 is 0. The zero-order valence-electron chi connectivity index (χ0n) is 25.7. The van der Waals surface area contributed by atoms with Crippen LogP contribution in [0.3, 0.4) is 0 Å². The van der Waals surface area contributed by atoms with Gasteiger partial charge in [0.1, 0.15) is 17.6 Å². The number of ketones is 1. The molecule has 2 atom stereocenters. The Morgan fingerprint density at radius 2 is 1.91 bits per heavy atom. The highest BCUT2D eigenvalue weighted by atomic mass is 19.1. The smallest absolute Gasteiger partial charge is 0.270 e. The average molecular weight is 613 g/mol. The number of hydroxylamine groups is 2. The van der Waals surface area contributed by atoms with Gasteiger partial charge in [0.15, 0.2) is 0 Å². The van der Waals surface area contributed by atoms with Gasteiger partial charge in [0.05, 0.1) is 23.7 Å². The number of methoxy groups -OCH3 is 1. The van der Waals surface area contributed by atoms with E-state index in [0.717, 1.165) is 40.9 Å². The molecule has 1 aromatic carbocycles. The molecule has 1 saturated heterocycles. The van der Waals surface area contributed by atoms with Crippen LogP contribution in [-0.4, -0.2) is 69.4 Å². The molecule has 10 nitrogen and oxygen atoms in total. The first-order chi connectivity index (χ1) is 21.8. The van der Waals surface area contributed by atoms with Crippen LogP contribution in [0, 0.1) is 25.7 Å². The summed E-state index contributed by atoms with van der Waals surface area (Å²) in [6.45, 7) is 5.34. The lowest BCUT2D eigenvalue weighted by Gasteiger charge is -2.17. The summed E-state index contributed by atoms with van der Waals surface area (Å²) in [4.78, 5) is 40.8. The molecule has 2 aliphatic rings. The lowest BCUT2D eigenvalue weighted by atomic mass is 9.91. The van der Waals surface area contributed by atoms with Crippen molar-refractivity contribution in [3.63, 3.8) is 0 Å². The van der Waals surface area contributed by atoms with E-state index in [-0.39, 0.29) is 36.5 Å². The number of nitrogens with one attached hydrogen (secondary N) is 1. The number of carbonyl (C=O) groups excluding carboxylic acids is 2. The first-order valence-electron chi connectivity index (χ1n) is 15.3. The summed E-state index contributed by atoms with van der Waals surface area (Å²) in [6, 6.07) is 14.9. The van der Waals surface area contributed by atoms with Crippen LogP contribution in [-0.2, 0) is 20.8 Å². The van der Waals surface area contributed by atoms with Crippen molar-refractivity contribution in [2.24, 2.45) is 5.92 Å². The topological polar surface area (TPSA) is 111 Å². The number of nitrogens with zero attached hydrogens (tertiary/aromatic N) is 5. The van der Waals surface area contributed by atoms with Crippen molar-refractivity contribution in [1.29, 1.82) is 0 Å². The Balaban J connectivity index is 1.27. The monoisotopic (exact) mass is 612 g/mol. The van der Waals surface area contributed by atoms with Gasteiger partial charge < -0.3 is 10.1 Å². The molecular formula is C34H37FN6O4. The number of halogens is 1. The third-order valence-electron chi connectivity index (χ3n) is 8.33. The molecule has 0 spiro atoms. The maximum absolute atomic E-state index is 14.0. The molecule has 0 radical (unpaired) electrons. The molecule has 11 heteroatoms. The van der Waals surface area contributed by atoms with Crippen LogP contribution in [0.4, 0.5) is 4.39 Å². The fourth-order valence-corrected chi connectivity index (χ4v) is 5.85. The van der Waals surface area contributed by atoms with Gasteiger partial charge in [-0.2, -0.15) is 14.6 Å². The van der Waals surface area contributed by atoms with E-state index in [4.69, 9.17) is 14.7 Å². The van der Waals surface area contributed by atoms with Crippen LogP contribution in [0.2, 0.25) is 0 Å². The summed E-state index contributed by atoms with van der Waals surface area (Å²) < 4.78 is 21.1. The second-order valence-electron chi connectivity index (χ2n) is 11.8. The fourth-order valence-electron chi connectivity index (χ4n) is 5.85.